The molecule has 0 spiro atoms. The largest absolute Gasteiger partial charge is 0.493 e. The lowest BCUT2D eigenvalue weighted by Crippen LogP contribution is -2.36. The fraction of sp³-hybridized carbons (Fsp3) is 0.409. The fourth-order valence-corrected chi connectivity index (χ4v) is 4.45. The molecular weight excluding hydrogens is 406 g/mol. The zero-order valence-corrected chi connectivity index (χ0v) is 17.8. The summed E-state index contributed by atoms with van der Waals surface area (Å²) in [7, 11) is 6.21. The van der Waals surface area contributed by atoms with E-state index < -0.39 is 18.1 Å². The minimum atomic E-state index is -1.22. The van der Waals surface area contributed by atoms with Crippen LogP contribution in [0.25, 0.3) is 0 Å². The number of aliphatic hydroxyl groups excluding tert-OH is 1. The third kappa shape index (κ3) is 3.30. The first-order chi connectivity index (χ1) is 14.9. The average molecular weight is 431 g/mol. The van der Waals surface area contributed by atoms with E-state index in [4.69, 9.17) is 23.7 Å². The molecule has 0 unspecified atom stereocenters. The van der Waals surface area contributed by atoms with E-state index in [0.29, 0.717) is 23.8 Å². The molecule has 4 rings (SSSR count). The SMILES string of the molecule is COc1ccc([C@H](O)[C@H]2c3c(cc4c(c3OC)OCO4)CCN2C)c(C(=O)O)c1OC. The molecule has 2 heterocycles. The van der Waals surface area contributed by atoms with E-state index in [-0.39, 0.29) is 29.4 Å². The van der Waals surface area contributed by atoms with Gasteiger partial charge in [0.2, 0.25) is 12.5 Å². The third-order valence-electron chi connectivity index (χ3n) is 5.86. The molecule has 166 valence electrons. The van der Waals surface area contributed by atoms with Crippen LogP contribution in [0.4, 0.5) is 0 Å². The van der Waals surface area contributed by atoms with Gasteiger partial charge in [0.1, 0.15) is 5.56 Å². The minimum Gasteiger partial charge on any atom is -0.493 e. The van der Waals surface area contributed by atoms with Crippen LogP contribution < -0.4 is 23.7 Å². The highest BCUT2D eigenvalue weighted by atomic mass is 16.7. The Morgan fingerprint density at radius 2 is 1.90 bits per heavy atom. The molecule has 2 aromatic rings. The van der Waals surface area contributed by atoms with Crippen molar-refractivity contribution >= 4 is 5.97 Å². The zero-order valence-electron chi connectivity index (χ0n) is 17.8. The number of aromatic carboxylic acids is 1. The van der Waals surface area contributed by atoms with Gasteiger partial charge < -0.3 is 33.9 Å². The second-order valence-electron chi connectivity index (χ2n) is 7.41. The lowest BCUT2D eigenvalue weighted by atomic mass is 9.84. The van der Waals surface area contributed by atoms with Crippen molar-refractivity contribution in [3.05, 3.63) is 40.5 Å². The Kier molecular flexibility index (Phi) is 5.55. The summed E-state index contributed by atoms with van der Waals surface area (Å²) in [4.78, 5) is 14.1. The van der Waals surface area contributed by atoms with Gasteiger partial charge in [0.15, 0.2) is 23.0 Å². The second kappa shape index (κ2) is 8.16. The number of benzene rings is 2. The Labute approximate surface area is 179 Å². The molecule has 0 saturated carbocycles. The molecule has 2 N–H and O–H groups in total. The van der Waals surface area contributed by atoms with Gasteiger partial charge in [0, 0.05) is 17.7 Å². The predicted molar refractivity (Wildman–Crippen MR) is 110 cm³/mol. The number of aliphatic hydroxyl groups is 1. The first kappa shape index (κ1) is 21.1. The molecule has 2 aliphatic rings. The van der Waals surface area contributed by atoms with Crippen LogP contribution in [-0.4, -0.2) is 62.8 Å². The maximum absolute atomic E-state index is 12.1. The van der Waals surface area contributed by atoms with Crippen LogP contribution >= 0.6 is 0 Å². The molecule has 0 bridgehead atoms. The van der Waals surface area contributed by atoms with Gasteiger partial charge in [0.25, 0.3) is 0 Å². The summed E-state index contributed by atoms with van der Waals surface area (Å²) in [6.45, 7) is 0.754. The van der Waals surface area contributed by atoms with Crippen molar-refractivity contribution in [1.29, 1.82) is 0 Å². The van der Waals surface area contributed by atoms with Gasteiger partial charge in [-0.2, -0.15) is 0 Å². The Bertz CT molecular complexity index is 1020. The van der Waals surface area contributed by atoms with Crippen molar-refractivity contribution in [2.75, 3.05) is 41.7 Å². The van der Waals surface area contributed by atoms with Crippen LogP contribution in [0.5, 0.6) is 28.7 Å². The van der Waals surface area contributed by atoms with E-state index in [9.17, 15) is 15.0 Å². The van der Waals surface area contributed by atoms with Gasteiger partial charge in [-0.15, -0.1) is 0 Å². The molecular formula is C22H25NO8. The molecule has 2 aromatic carbocycles. The number of carboxylic acid groups (broad SMARTS) is 1. The topological polar surface area (TPSA) is 107 Å². The summed E-state index contributed by atoms with van der Waals surface area (Å²) >= 11 is 0. The van der Waals surface area contributed by atoms with Crippen molar-refractivity contribution in [2.45, 2.75) is 18.6 Å². The quantitative estimate of drug-likeness (QED) is 0.713. The summed E-state index contributed by atoms with van der Waals surface area (Å²) in [5.41, 5.74) is 1.78. The monoisotopic (exact) mass is 431 g/mol. The summed E-state index contributed by atoms with van der Waals surface area (Å²) in [5, 5.41) is 21.4. The summed E-state index contributed by atoms with van der Waals surface area (Å²) in [6, 6.07) is 4.46. The Balaban J connectivity index is 1.90. The molecule has 2 aliphatic heterocycles. The molecule has 31 heavy (non-hydrogen) atoms. The summed E-state index contributed by atoms with van der Waals surface area (Å²) in [5.74, 6) is 0.682. The number of methoxy groups -OCH3 is 3. The number of likely N-dealkylation sites (N-methyl/N-ethyl adjacent to an activating group) is 1. The molecule has 0 saturated heterocycles. The van der Waals surface area contributed by atoms with Crippen LogP contribution in [0.3, 0.4) is 0 Å². The standard InChI is InChI=1S/C22H25NO8/c1-23-8-7-11-9-14-20(31-10-30-14)21(29-4)15(11)17(23)18(24)12-5-6-13(27-2)19(28-3)16(12)22(25)26/h5-6,9,17-18,24H,7-8,10H2,1-4H3,(H,25,26)/t17-,18+/m1/s1. The second-order valence-corrected chi connectivity index (χ2v) is 7.41. The smallest absolute Gasteiger partial charge is 0.340 e. The van der Waals surface area contributed by atoms with Crippen LogP contribution in [0.1, 0.15) is 39.2 Å². The highest BCUT2D eigenvalue weighted by Crippen LogP contribution is 2.52. The van der Waals surface area contributed by atoms with Gasteiger partial charge in [-0.25, -0.2) is 4.79 Å². The number of carbonyl (C=O) groups is 1. The molecule has 9 nitrogen and oxygen atoms in total. The van der Waals surface area contributed by atoms with Crippen LogP contribution in [-0.2, 0) is 6.42 Å². The van der Waals surface area contributed by atoms with Gasteiger partial charge in [-0.3, -0.25) is 4.90 Å². The van der Waals surface area contributed by atoms with Crippen molar-refractivity contribution < 1.29 is 38.7 Å². The van der Waals surface area contributed by atoms with Crippen LogP contribution in [0, 0.1) is 0 Å². The predicted octanol–water partition coefficient (Wildman–Crippen LogP) is 2.40. The number of hydrogen-bond acceptors (Lipinski definition) is 8. The van der Waals surface area contributed by atoms with E-state index in [1.54, 1.807) is 12.1 Å². The number of ether oxygens (including phenoxy) is 5. The van der Waals surface area contributed by atoms with Crippen molar-refractivity contribution in [1.82, 2.24) is 4.90 Å². The molecule has 0 aromatic heterocycles. The summed E-state index contributed by atoms with van der Waals surface area (Å²) in [6.07, 6.45) is -0.469. The molecule has 0 fully saturated rings. The van der Waals surface area contributed by atoms with Gasteiger partial charge in [0.05, 0.1) is 33.5 Å². The zero-order chi connectivity index (χ0) is 22.3. The van der Waals surface area contributed by atoms with Gasteiger partial charge in [-0.1, -0.05) is 6.07 Å². The van der Waals surface area contributed by atoms with Gasteiger partial charge in [-0.05, 0) is 31.2 Å². The number of carboxylic acids is 1. The van der Waals surface area contributed by atoms with Crippen LogP contribution in [0.15, 0.2) is 18.2 Å². The number of rotatable bonds is 6. The fourth-order valence-electron chi connectivity index (χ4n) is 4.45. The minimum absolute atomic E-state index is 0.0582. The van der Waals surface area contributed by atoms with Crippen LogP contribution in [0.2, 0.25) is 0 Å². The highest BCUT2D eigenvalue weighted by molar-refractivity contribution is 5.94. The maximum Gasteiger partial charge on any atom is 0.340 e. The maximum atomic E-state index is 12.1. The third-order valence-corrected chi connectivity index (χ3v) is 5.86. The van der Waals surface area contributed by atoms with E-state index in [2.05, 4.69) is 0 Å². The van der Waals surface area contributed by atoms with Crippen molar-refractivity contribution in [2.24, 2.45) is 0 Å². The molecule has 0 aliphatic carbocycles. The Hall–Kier alpha value is -3.17. The lowest BCUT2D eigenvalue weighted by Gasteiger charge is -2.39. The van der Waals surface area contributed by atoms with Crippen molar-refractivity contribution in [3.8, 4) is 28.7 Å². The first-order valence-corrected chi connectivity index (χ1v) is 9.78. The average Bonchev–Trinajstić information content (AvgIpc) is 3.24. The van der Waals surface area contributed by atoms with E-state index >= 15 is 0 Å². The van der Waals surface area contributed by atoms with Gasteiger partial charge >= 0.3 is 5.97 Å². The molecule has 0 amide bonds. The van der Waals surface area contributed by atoms with Crippen molar-refractivity contribution in [3.63, 3.8) is 0 Å². The van der Waals surface area contributed by atoms with E-state index in [1.165, 1.54) is 21.3 Å². The van der Waals surface area contributed by atoms with E-state index in [0.717, 1.165) is 17.5 Å². The normalized spacial score (nSPS) is 18.3. The highest BCUT2D eigenvalue weighted by Gasteiger charge is 2.40. The molecule has 0 radical (unpaired) electrons. The number of fused-ring (bicyclic) bond motifs is 2. The Morgan fingerprint density at radius 1 is 1.16 bits per heavy atom. The summed E-state index contributed by atoms with van der Waals surface area (Å²) < 4.78 is 27.4. The number of hydrogen-bond donors (Lipinski definition) is 2. The molecule has 2 atom stereocenters. The van der Waals surface area contributed by atoms with E-state index in [1.807, 2.05) is 18.0 Å². The molecule has 9 heteroatoms. The lowest BCUT2D eigenvalue weighted by molar-refractivity contribution is 0.0504. The first-order valence-electron chi connectivity index (χ1n) is 9.78. The Morgan fingerprint density at radius 3 is 2.55 bits per heavy atom. The number of nitrogens with zero attached hydrogens (tertiary/aromatic N) is 1.